The number of morpholine rings is 1. The molecule has 0 aromatic rings. The molecule has 0 aliphatic carbocycles. The lowest BCUT2D eigenvalue weighted by Gasteiger charge is -2.52. The van der Waals surface area contributed by atoms with Gasteiger partial charge >= 0.3 is 0 Å². The number of hydrogen-bond acceptors (Lipinski definition) is 3. The molecule has 3 heteroatoms. The largest absolute Gasteiger partial charge is 0.378 e. The predicted molar refractivity (Wildman–Crippen MR) is 77.8 cm³/mol. The average Bonchev–Trinajstić information content (AvgIpc) is 2.34. The van der Waals surface area contributed by atoms with Crippen LogP contribution in [-0.2, 0) is 4.74 Å². The van der Waals surface area contributed by atoms with E-state index in [1.54, 1.807) is 0 Å². The summed E-state index contributed by atoms with van der Waals surface area (Å²) in [7, 11) is 0. The van der Waals surface area contributed by atoms with Crippen LogP contribution in [0, 0.1) is 0 Å². The number of nitrogens with two attached hydrogens (primary N) is 1. The molecule has 1 aliphatic heterocycles. The van der Waals surface area contributed by atoms with Gasteiger partial charge in [-0.1, -0.05) is 32.6 Å². The average molecular weight is 256 g/mol. The van der Waals surface area contributed by atoms with E-state index in [0.717, 1.165) is 26.3 Å². The van der Waals surface area contributed by atoms with Crippen molar-refractivity contribution in [1.82, 2.24) is 4.90 Å². The maximum Gasteiger partial charge on any atom is 0.0645 e. The molecule has 0 spiro atoms. The lowest BCUT2D eigenvalue weighted by Crippen LogP contribution is -2.64. The summed E-state index contributed by atoms with van der Waals surface area (Å²) in [5, 5.41) is 0. The summed E-state index contributed by atoms with van der Waals surface area (Å²) in [6.45, 7) is 12.5. The number of hydrogen-bond donors (Lipinski definition) is 1. The van der Waals surface area contributed by atoms with Crippen LogP contribution in [-0.4, -0.2) is 42.3 Å². The first-order chi connectivity index (χ1) is 8.46. The first-order valence-electron chi connectivity index (χ1n) is 7.52. The van der Waals surface area contributed by atoms with Gasteiger partial charge in [-0.2, -0.15) is 0 Å². The van der Waals surface area contributed by atoms with Crippen molar-refractivity contribution in [2.45, 2.75) is 70.9 Å². The van der Waals surface area contributed by atoms with Crippen molar-refractivity contribution in [2.24, 2.45) is 5.73 Å². The molecule has 108 valence electrons. The Hall–Kier alpha value is -0.120. The fourth-order valence-electron chi connectivity index (χ4n) is 3.14. The number of rotatable bonds is 7. The van der Waals surface area contributed by atoms with E-state index in [-0.39, 0.29) is 11.1 Å². The second-order valence-electron chi connectivity index (χ2n) is 6.53. The topological polar surface area (TPSA) is 38.5 Å². The molecule has 1 saturated heterocycles. The van der Waals surface area contributed by atoms with E-state index < -0.39 is 0 Å². The third kappa shape index (κ3) is 3.94. The second kappa shape index (κ2) is 6.88. The maximum atomic E-state index is 6.09. The molecule has 0 saturated carbocycles. The Kier molecular flexibility index (Phi) is 6.09. The summed E-state index contributed by atoms with van der Waals surface area (Å²) in [6.07, 6.45) is 6.45. The van der Waals surface area contributed by atoms with E-state index in [0.29, 0.717) is 0 Å². The first kappa shape index (κ1) is 15.9. The lowest BCUT2D eigenvalue weighted by molar-refractivity contribution is -0.101. The predicted octanol–water partition coefficient (Wildman–Crippen LogP) is 2.79. The Labute approximate surface area is 113 Å². The van der Waals surface area contributed by atoms with E-state index in [4.69, 9.17) is 10.5 Å². The highest BCUT2D eigenvalue weighted by atomic mass is 16.5. The van der Waals surface area contributed by atoms with Gasteiger partial charge < -0.3 is 10.5 Å². The quantitative estimate of drug-likeness (QED) is 0.712. The Morgan fingerprint density at radius 1 is 1.28 bits per heavy atom. The van der Waals surface area contributed by atoms with Crippen LogP contribution >= 0.6 is 0 Å². The van der Waals surface area contributed by atoms with Crippen molar-refractivity contribution in [1.29, 1.82) is 0 Å². The molecule has 0 radical (unpaired) electrons. The smallest absolute Gasteiger partial charge is 0.0645 e. The Morgan fingerprint density at radius 2 is 2.00 bits per heavy atom. The van der Waals surface area contributed by atoms with Crippen molar-refractivity contribution >= 4 is 0 Å². The minimum Gasteiger partial charge on any atom is -0.378 e. The molecule has 0 aromatic heterocycles. The van der Waals surface area contributed by atoms with Crippen LogP contribution in [0.5, 0.6) is 0 Å². The van der Waals surface area contributed by atoms with E-state index in [1.165, 1.54) is 32.1 Å². The van der Waals surface area contributed by atoms with E-state index in [1.807, 2.05) is 0 Å². The molecule has 1 aliphatic rings. The molecular formula is C15H32N2O. The second-order valence-corrected chi connectivity index (χ2v) is 6.53. The Bertz CT molecular complexity index is 243. The van der Waals surface area contributed by atoms with Crippen molar-refractivity contribution in [3.63, 3.8) is 0 Å². The summed E-state index contributed by atoms with van der Waals surface area (Å²) < 4.78 is 5.62. The highest BCUT2D eigenvalue weighted by molar-refractivity contribution is 4.97. The van der Waals surface area contributed by atoms with Gasteiger partial charge in [0.05, 0.1) is 13.2 Å². The Morgan fingerprint density at radius 3 is 2.56 bits per heavy atom. The zero-order valence-corrected chi connectivity index (χ0v) is 12.8. The molecule has 0 amide bonds. The van der Waals surface area contributed by atoms with Gasteiger partial charge in [0.1, 0.15) is 0 Å². The van der Waals surface area contributed by atoms with Crippen LogP contribution in [0.15, 0.2) is 0 Å². The van der Waals surface area contributed by atoms with Gasteiger partial charge in [-0.3, -0.25) is 4.90 Å². The van der Waals surface area contributed by atoms with Crippen LogP contribution < -0.4 is 5.73 Å². The number of unbranched alkanes of at least 4 members (excludes halogenated alkanes) is 3. The normalized spacial score (nSPS) is 23.8. The summed E-state index contributed by atoms with van der Waals surface area (Å²) >= 11 is 0. The zero-order valence-electron chi connectivity index (χ0n) is 12.8. The van der Waals surface area contributed by atoms with Crippen LogP contribution in [0.1, 0.15) is 59.8 Å². The van der Waals surface area contributed by atoms with Crippen molar-refractivity contribution in [3.8, 4) is 0 Å². The molecular weight excluding hydrogens is 224 g/mol. The summed E-state index contributed by atoms with van der Waals surface area (Å²) in [5.74, 6) is 0. The van der Waals surface area contributed by atoms with Crippen molar-refractivity contribution in [2.75, 3.05) is 26.3 Å². The number of ether oxygens (including phenoxy) is 1. The highest BCUT2D eigenvalue weighted by Gasteiger charge is 2.41. The zero-order chi connectivity index (χ0) is 13.6. The molecule has 1 fully saturated rings. The van der Waals surface area contributed by atoms with E-state index in [9.17, 15) is 0 Å². The third-order valence-corrected chi connectivity index (χ3v) is 4.31. The van der Waals surface area contributed by atoms with Crippen molar-refractivity contribution in [3.05, 3.63) is 0 Å². The molecule has 0 aromatic carbocycles. The van der Waals surface area contributed by atoms with Gasteiger partial charge in [-0.25, -0.2) is 0 Å². The standard InChI is InChI=1S/C15H32N2O/c1-5-6-7-8-9-15(4,12-16)17-10-11-18-13-14(17,2)3/h5-13,16H2,1-4H3. The summed E-state index contributed by atoms with van der Waals surface area (Å²) in [5.41, 5.74) is 6.33. The van der Waals surface area contributed by atoms with Crippen LogP contribution in [0.4, 0.5) is 0 Å². The van der Waals surface area contributed by atoms with Crippen LogP contribution in [0.2, 0.25) is 0 Å². The summed E-state index contributed by atoms with van der Waals surface area (Å²) in [4.78, 5) is 2.58. The van der Waals surface area contributed by atoms with Gasteiger partial charge in [0, 0.05) is 24.2 Å². The number of nitrogens with zero attached hydrogens (tertiary/aromatic N) is 1. The minimum absolute atomic E-state index is 0.108. The molecule has 18 heavy (non-hydrogen) atoms. The highest BCUT2D eigenvalue weighted by Crippen LogP contribution is 2.31. The Balaban J connectivity index is 2.60. The van der Waals surface area contributed by atoms with Gasteiger partial charge in [-0.15, -0.1) is 0 Å². The first-order valence-corrected chi connectivity index (χ1v) is 7.52. The molecule has 1 heterocycles. The van der Waals surface area contributed by atoms with E-state index >= 15 is 0 Å². The monoisotopic (exact) mass is 256 g/mol. The fourth-order valence-corrected chi connectivity index (χ4v) is 3.14. The molecule has 3 nitrogen and oxygen atoms in total. The van der Waals surface area contributed by atoms with Crippen LogP contribution in [0.25, 0.3) is 0 Å². The van der Waals surface area contributed by atoms with Gasteiger partial charge in [0.25, 0.3) is 0 Å². The fraction of sp³-hybridized carbons (Fsp3) is 1.00. The molecule has 2 N–H and O–H groups in total. The van der Waals surface area contributed by atoms with Gasteiger partial charge in [-0.05, 0) is 27.2 Å². The molecule has 1 rings (SSSR count). The van der Waals surface area contributed by atoms with Gasteiger partial charge in [0.15, 0.2) is 0 Å². The minimum atomic E-state index is 0.108. The SMILES string of the molecule is CCCCCCC(C)(CN)N1CCOCC1(C)C. The van der Waals surface area contributed by atoms with E-state index in [2.05, 4.69) is 32.6 Å². The van der Waals surface area contributed by atoms with Crippen molar-refractivity contribution < 1.29 is 4.74 Å². The third-order valence-electron chi connectivity index (χ3n) is 4.31. The van der Waals surface area contributed by atoms with Gasteiger partial charge in [0.2, 0.25) is 0 Å². The summed E-state index contributed by atoms with van der Waals surface area (Å²) in [6, 6.07) is 0. The molecule has 1 atom stereocenters. The molecule has 1 unspecified atom stereocenters. The van der Waals surface area contributed by atoms with Crippen LogP contribution in [0.3, 0.4) is 0 Å². The lowest BCUT2D eigenvalue weighted by atomic mass is 9.86. The maximum absolute atomic E-state index is 6.09. The molecule has 0 bridgehead atoms.